The minimum absolute atomic E-state index is 0.135. The summed E-state index contributed by atoms with van der Waals surface area (Å²) in [5, 5.41) is 0. The van der Waals surface area contributed by atoms with Crippen LogP contribution >= 0.6 is 0 Å². The Morgan fingerprint density at radius 1 is 1.21 bits per heavy atom. The molecule has 1 aromatic rings. The number of carbonyl (C=O) groups is 1. The smallest absolute Gasteiger partial charge is 0.305 e. The van der Waals surface area contributed by atoms with Gasteiger partial charge in [-0.25, -0.2) is 0 Å². The average molecular weight is 264 g/mol. The lowest BCUT2D eigenvalue weighted by molar-refractivity contribution is -0.144. The van der Waals surface area contributed by atoms with E-state index in [1.807, 2.05) is 18.2 Å². The first kappa shape index (κ1) is 15.7. The van der Waals surface area contributed by atoms with Gasteiger partial charge in [-0.05, 0) is 24.8 Å². The topological polar surface area (TPSA) is 35.5 Å². The Bertz CT molecular complexity index is 362. The highest BCUT2D eigenvalue weighted by molar-refractivity contribution is 5.68. The van der Waals surface area contributed by atoms with Crippen LogP contribution < -0.4 is 0 Å². The van der Waals surface area contributed by atoms with E-state index in [1.165, 1.54) is 5.56 Å². The molecule has 1 rings (SSSR count). The van der Waals surface area contributed by atoms with E-state index in [0.717, 1.165) is 6.42 Å². The van der Waals surface area contributed by atoms with Crippen molar-refractivity contribution in [2.75, 3.05) is 6.61 Å². The zero-order chi connectivity index (χ0) is 14.1. The summed E-state index contributed by atoms with van der Waals surface area (Å²) >= 11 is 0. The lowest BCUT2D eigenvalue weighted by Crippen LogP contribution is -2.17. The Morgan fingerprint density at radius 3 is 2.53 bits per heavy atom. The SMILES string of the molecule is CCC(=O)OCC(C)CC(C)OCc1ccccc1. The van der Waals surface area contributed by atoms with E-state index in [9.17, 15) is 4.79 Å². The third kappa shape index (κ3) is 6.97. The number of hydrogen-bond acceptors (Lipinski definition) is 3. The number of rotatable bonds is 8. The van der Waals surface area contributed by atoms with Crippen molar-refractivity contribution in [2.45, 2.75) is 46.3 Å². The molecule has 0 aliphatic rings. The van der Waals surface area contributed by atoms with E-state index >= 15 is 0 Å². The van der Waals surface area contributed by atoms with Gasteiger partial charge in [0.1, 0.15) is 0 Å². The molecule has 0 heterocycles. The molecule has 3 nitrogen and oxygen atoms in total. The highest BCUT2D eigenvalue weighted by Crippen LogP contribution is 2.12. The maximum Gasteiger partial charge on any atom is 0.305 e. The Morgan fingerprint density at radius 2 is 1.89 bits per heavy atom. The van der Waals surface area contributed by atoms with Gasteiger partial charge in [0.15, 0.2) is 0 Å². The number of benzene rings is 1. The molecule has 0 spiro atoms. The highest BCUT2D eigenvalue weighted by atomic mass is 16.5. The zero-order valence-electron chi connectivity index (χ0n) is 12.1. The fourth-order valence-corrected chi connectivity index (χ4v) is 1.85. The molecule has 2 atom stereocenters. The quantitative estimate of drug-likeness (QED) is 0.673. The normalized spacial score (nSPS) is 13.8. The molecule has 0 saturated carbocycles. The van der Waals surface area contributed by atoms with Crippen LogP contribution in [0, 0.1) is 5.92 Å². The maximum atomic E-state index is 11.1. The summed E-state index contributed by atoms with van der Waals surface area (Å²) in [6.07, 6.45) is 1.49. The lowest BCUT2D eigenvalue weighted by atomic mass is 10.1. The first-order chi connectivity index (χ1) is 9.11. The van der Waals surface area contributed by atoms with Gasteiger partial charge in [-0.15, -0.1) is 0 Å². The predicted octanol–water partition coefficient (Wildman–Crippen LogP) is 3.57. The van der Waals surface area contributed by atoms with Gasteiger partial charge in [0.25, 0.3) is 0 Å². The molecule has 0 aliphatic carbocycles. The van der Waals surface area contributed by atoms with Crippen molar-refractivity contribution in [3.05, 3.63) is 35.9 Å². The van der Waals surface area contributed by atoms with Gasteiger partial charge < -0.3 is 9.47 Å². The van der Waals surface area contributed by atoms with Crippen LogP contribution in [0.3, 0.4) is 0 Å². The average Bonchev–Trinajstić information content (AvgIpc) is 2.43. The van der Waals surface area contributed by atoms with Crippen LogP contribution in [0.5, 0.6) is 0 Å². The Kier molecular flexibility index (Phi) is 7.19. The maximum absolute atomic E-state index is 11.1. The van der Waals surface area contributed by atoms with E-state index in [2.05, 4.69) is 26.0 Å². The van der Waals surface area contributed by atoms with E-state index in [0.29, 0.717) is 25.6 Å². The second-order valence-electron chi connectivity index (χ2n) is 4.98. The molecule has 0 amide bonds. The van der Waals surface area contributed by atoms with Crippen LogP contribution in [0.2, 0.25) is 0 Å². The molecule has 0 fully saturated rings. The van der Waals surface area contributed by atoms with Crippen molar-refractivity contribution in [1.82, 2.24) is 0 Å². The van der Waals surface area contributed by atoms with Crippen LogP contribution in [0.4, 0.5) is 0 Å². The number of hydrogen-bond donors (Lipinski definition) is 0. The fourth-order valence-electron chi connectivity index (χ4n) is 1.85. The van der Waals surface area contributed by atoms with Crippen molar-refractivity contribution in [3.8, 4) is 0 Å². The molecule has 0 saturated heterocycles. The Hall–Kier alpha value is -1.35. The second-order valence-corrected chi connectivity index (χ2v) is 4.98. The Balaban J connectivity index is 2.19. The molecule has 0 N–H and O–H groups in total. The third-order valence-electron chi connectivity index (χ3n) is 2.93. The first-order valence-corrected chi connectivity index (χ1v) is 6.93. The fraction of sp³-hybridized carbons (Fsp3) is 0.562. The second kappa shape index (κ2) is 8.70. The summed E-state index contributed by atoms with van der Waals surface area (Å²) in [5.41, 5.74) is 1.18. The molecular formula is C16H24O3. The van der Waals surface area contributed by atoms with Crippen molar-refractivity contribution < 1.29 is 14.3 Å². The largest absolute Gasteiger partial charge is 0.465 e. The zero-order valence-corrected chi connectivity index (χ0v) is 12.1. The first-order valence-electron chi connectivity index (χ1n) is 6.93. The summed E-state index contributed by atoms with van der Waals surface area (Å²) in [5.74, 6) is 0.186. The monoisotopic (exact) mass is 264 g/mol. The standard InChI is InChI=1S/C16H24O3/c1-4-16(17)19-11-13(2)10-14(3)18-12-15-8-6-5-7-9-15/h5-9,13-14H,4,10-12H2,1-3H3. The van der Waals surface area contributed by atoms with Crippen LogP contribution in [-0.4, -0.2) is 18.7 Å². The van der Waals surface area contributed by atoms with Crippen LogP contribution in [0.15, 0.2) is 30.3 Å². The molecule has 0 radical (unpaired) electrons. The van der Waals surface area contributed by atoms with Gasteiger partial charge in [0.2, 0.25) is 0 Å². The summed E-state index contributed by atoms with van der Waals surface area (Å²) in [6, 6.07) is 10.1. The molecule has 106 valence electrons. The molecule has 0 aliphatic heterocycles. The van der Waals surface area contributed by atoms with Gasteiger partial charge in [0.05, 0.1) is 19.3 Å². The molecule has 0 bridgehead atoms. The van der Waals surface area contributed by atoms with E-state index in [4.69, 9.17) is 9.47 Å². The number of carbonyl (C=O) groups excluding carboxylic acids is 1. The number of esters is 1. The summed E-state index contributed by atoms with van der Waals surface area (Å²) in [4.78, 5) is 11.1. The number of ether oxygens (including phenoxy) is 2. The predicted molar refractivity (Wildman–Crippen MR) is 75.7 cm³/mol. The third-order valence-corrected chi connectivity index (χ3v) is 2.93. The van der Waals surface area contributed by atoms with E-state index in [-0.39, 0.29) is 12.1 Å². The minimum atomic E-state index is -0.135. The van der Waals surface area contributed by atoms with Crippen LogP contribution in [0.1, 0.15) is 39.2 Å². The lowest BCUT2D eigenvalue weighted by Gasteiger charge is -2.18. The summed E-state index contributed by atoms with van der Waals surface area (Å²) in [6.45, 7) is 7.04. The van der Waals surface area contributed by atoms with Gasteiger partial charge in [0, 0.05) is 6.42 Å². The van der Waals surface area contributed by atoms with Crippen LogP contribution in [0.25, 0.3) is 0 Å². The molecule has 2 unspecified atom stereocenters. The van der Waals surface area contributed by atoms with Gasteiger partial charge in [-0.1, -0.05) is 44.2 Å². The summed E-state index contributed by atoms with van der Waals surface area (Å²) in [7, 11) is 0. The molecule has 1 aromatic carbocycles. The van der Waals surface area contributed by atoms with E-state index < -0.39 is 0 Å². The van der Waals surface area contributed by atoms with Crippen molar-refractivity contribution in [1.29, 1.82) is 0 Å². The van der Waals surface area contributed by atoms with Crippen LogP contribution in [-0.2, 0) is 20.9 Å². The van der Waals surface area contributed by atoms with E-state index in [1.54, 1.807) is 6.92 Å². The van der Waals surface area contributed by atoms with Gasteiger partial charge in [-0.2, -0.15) is 0 Å². The van der Waals surface area contributed by atoms with Gasteiger partial charge >= 0.3 is 5.97 Å². The molecule has 0 aromatic heterocycles. The molecular weight excluding hydrogens is 240 g/mol. The molecule has 3 heteroatoms. The minimum Gasteiger partial charge on any atom is -0.465 e. The van der Waals surface area contributed by atoms with Crippen molar-refractivity contribution >= 4 is 5.97 Å². The summed E-state index contributed by atoms with van der Waals surface area (Å²) < 4.78 is 10.9. The van der Waals surface area contributed by atoms with Gasteiger partial charge in [-0.3, -0.25) is 4.79 Å². The van der Waals surface area contributed by atoms with Crippen molar-refractivity contribution in [2.24, 2.45) is 5.92 Å². The Labute approximate surface area is 115 Å². The van der Waals surface area contributed by atoms with Crippen molar-refractivity contribution in [3.63, 3.8) is 0 Å². The highest BCUT2D eigenvalue weighted by Gasteiger charge is 2.11. The molecule has 19 heavy (non-hydrogen) atoms.